The predicted octanol–water partition coefficient (Wildman–Crippen LogP) is 5.62. The van der Waals surface area contributed by atoms with Crippen LogP contribution in [0.2, 0.25) is 10.0 Å². The Morgan fingerprint density at radius 2 is 2.00 bits per heavy atom. The smallest absolute Gasteiger partial charge is 0.335 e. The van der Waals surface area contributed by atoms with Crippen LogP contribution < -0.4 is 4.74 Å². The third-order valence-corrected chi connectivity index (χ3v) is 4.02. The van der Waals surface area contributed by atoms with Gasteiger partial charge in [0.05, 0.1) is 27.4 Å². The van der Waals surface area contributed by atoms with Gasteiger partial charge in [-0.05, 0) is 55.3 Å². The van der Waals surface area contributed by atoms with Crippen LogP contribution in [0, 0.1) is 0 Å². The Balaban J connectivity index is 2.22. The maximum atomic E-state index is 11.0. The molecule has 24 heavy (non-hydrogen) atoms. The molecule has 0 amide bonds. The lowest BCUT2D eigenvalue weighted by atomic mass is 10.2. The lowest BCUT2D eigenvalue weighted by Gasteiger charge is -2.13. The number of nitrogens with zero attached hydrogens (tertiary/aromatic N) is 1. The van der Waals surface area contributed by atoms with Gasteiger partial charge in [-0.25, -0.2) is 4.79 Å². The molecule has 6 heteroatoms. The van der Waals surface area contributed by atoms with Gasteiger partial charge >= 0.3 is 5.97 Å². The predicted molar refractivity (Wildman–Crippen MR) is 97.5 cm³/mol. The summed E-state index contributed by atoms with van der Waals surface area (Å²) >= 11 is 12.3. The zero-order chi connectivity index (χ0) is 17.7. The quantitative estimate of drug-likeness (QED) is 0.675. The second-order valence-electron chi connectivity index (χ2n) is 5.26. The summed E-state index contributed by atoms with van der Waals surface area (Å²) in [5.74, 6) is -0.410. The monoisotopic (exact) mass is 365 g/mol. The molecule has 2 aromatic carbocycles. The molecule has 0 saturated carbocycles. The summed E-state index contributed by atoms with van der Waals surface area (Å²) < 4.78 is 5.71. The molecule has 0 spiro atoms. The van der Waals surface area contributed by atoms with Crippen molar-refractivity contribution >= 4 is 41.1 Å². The Morgan fingerprint density at radius 3 is 2.62 bits per heavy atom. The number of rotatable bonds is 6. The van der Waals surface area contributed by atoms with Crippen molar-refractivity contribution in [1.82, 2.24) is 0 Å². The number of carboxylic acid groups (broad SMARTS) is 1. The molecule has 4 nitrogen and oxygen atoms in total. The number of carboxylic acids is 1. The van der Waals surface area contributed by atoms with Crippen LogP contribution in [0.1, 0.15) is 36.2 Å². The molecule has 0 saturated heterocycles. The second-order valence-corrected chi connectivity index (χ2v) is 6.07. The highest BCUT2D eigenvalue weighted by atomic mass is 35.5. The minimum absolute atomic E-state index is 0.0829. The van der Waals surface area contributed by atoms with Gasteiger partial charge in [0.2, 0.25) is 0 Å². The summed E-state index contributed by atoms with van der Waals surface area (Å²) in [4.78, 5) is 15.3. The second kappa shape index (κ2) is 8.18. The number of aromatic carboxylic acids is 1. The number of hydrogen-bond acceptors (Lipinski definition) is 3. The van der Waals surface area contributed by atoms with Gasteiger partial charge < -0.3 is 9.84 Å². The first-order valence-electron chi connectivity index (χ1n) is 7.43. The molecule has 126 valence electrons. The number of benzene rings is 2. The van der Waals surface area contributed by atoms with Crippen LogP contribution in [0.5, 0.6) is 5.75 Å². The Morgan fingerprint density at radius 1 is 1.25 bits per heavy atom. The fourth-order valence-electron chi connectivity index (χ4n) is 1.88. The van der Waals surface area contributed by atoms with E-state index in [1.165, 1.54) is 18.2 Å². The third kappa shape index (κ3) is 4.73. The molecule has 0 unspecified atom stereocenters. The summed E-state index contributed by atoms with van der Waals surface area (Å²) in [6, 6.07) is 9.70. The molecule has 0 aliphatic carbocycles. The van der Waals surface area contributed by atoms with E-state index in [0.29, 0.717) is 21.5 Å². The normalized spacial score (nSPS) is 12.3. The van der Waals surface area contributed by atoms with Crippen LogP contribution in [-0.4, -0.2) is 23.4 Å². The fraction of sp³-hybridized carbons (Fsp3) is 0.222. The summed E-state index contributed by atoms with van der Waals surface area (Å²) in [7, 11) is 0. The van der Waals surface area contributed by atoms with Crippen molar-refractivity contribution in [1.29, 1.82) is 0 Å². The van der Waals surface area contributed by atoms with Crippen LogP contribution >= 0.6 is 23.2 Å². The highest BCUT2D eigenvalue weighted by Crippen LogP contribution is 2.28. The maximum absolute atomic E-state index is 11.0. The molecule has 1 N–H and O–H groups in total. The van der Waals surface area contributed by atoms with Gasteiger partial charge in [0.15, 0.2) is 0 Å². The Labute approximate surface area is 150 Å². The van der Waals surface area contributed by atoms with E-state index in [0.717, 1.165) is 12.0 Å². The molecule has 0 heterocycles. The van der Waals surface area contributed by atoms with E-state index < -0.39 is 5.97 Å². The number of hydrogen-bond donors (Lipinski definition) is 1. The van der Waals surface area contributed by atoms with Crippen molar-refractivity contribution in [3.8, 4) is 5.75 Å². The Kier molecular flexibility index (Phi) is 6.23. The molecule has 0 aliphatic heterocycles. The van der Waals surface area contributed by atoms with E-state index in [-0.39, 0.29) is 11.7 Å². The molecule has 0 bridgehead atoms. The van der Waals surface area contributed by atoms with Gasteiger partial charge in [0.25, 0.3) is 0 Å². The van der Waals surface area contributed by atoms with Crippen LogP contribution in [-0.2, 0) is 0 Å². The molecular formula is C18H17Cl2NO3. The van der Waals surface area contributed by atoms with E-state index in [1.54, 1.807) is 18.3 Å². The molecule has 0 aliphatic rings. The van der Waals surface area contributed by atoms with Crippen molar-refractivity contribution in [2.75, 3.05) is 0 Å². The summed E-state index contributed by atoms with van der Waals surface area (Å²) in [5, 5.41) is 9.88. The van der Waals surface area contributed by atoms with Gasteiger partial charge in [-0.2, -0.15) is 0 Å². The standard InChI is InChI=1S/C18H17Cl2NO3/c1-3-11(2)24-17-7-4-12(8-15(17)20)10-21-16-9-13(18(22)23)5-6-14(16)19/h4-11H,3H2,1-2H3,(H,22,23)/t11-/m1/s1. The first-order valence-corrected chi connectivity index (χ1v) is 8.19. The molecule has 2 rings (SSSR count). The minimum atomic E-state index is -1.03. The molecule has 1 atom stereocenters. The Hall–Kier alpha value is -2.04. The van der Waals surface area contributed by atoms with Crippen LogP contribution in [0.3, 0.4) is 0 Å². The largest absolute Gasteiger partial charge is 0.489 e. The minimum Gasteiger partial charge on any atom is -0.489 e. The first kappa shape index (κ1) is 18.3. The zero-order valence-electron chi connectivity index (χ0n) is 13.3. The lowest BCUT2D eigenvalue weighted by molar-refractivity contribution is 0.0697. The Bertz CT molecular complexity index is 775. The molecular weight excluding hydrogens is 349 g/mol. The highest BCUT2D eigenvalue weighted by molar-refractivity contribution is 6.33. The topological polar surface area (TPSA) is 58.9 Å². The van der Waals surface area contributed by atoms with Crippen LogP contribution in [0.15, 0.2) is 41.4 Å². The van der Waals surface area contributed by atoms with Crippen molar-refractivity contribution in [2.45, 2.75) is 26.4 Å². The van der Waals surface area contributed by atoms with E-state index in [9.17, 15) is 4.79 Å². The van der Waals surface area contributed by atoms with E-state index in [1.807, 2.05) is 19.9 Å². The zero-order valence-corrected chi connectivity index (χ0v) is 14.8. The van der Waals surface area contributed by atoms with Gasteiger partial charge in [-0.15, -0.1) is 0 Å². The summed E-state index contributed by atoms with van der Waals surface area (Å²) in [6.45, 7) is 4.01. The third-order valence-electron chi connectivity index (χ3n) is 3.40. The summed E-state index contributed by atoms with van der Waals surface area (Å²) in [6.07, 6.45) is 2.54. The number of aliphatic imine (C=N–C) groups is 1. The lowest BCUT2D eigenvalue weighted by Crippen LogP contribution is -2.09. The van der Waals surface area contributed by atoms with E-state index in [4.69, 9.17) is 33.0 Å². The van der Waals surface area contributed by atoms with E-state index in [2.05, 4.69) is 4.99 Å². The number of halogens is 2. The SMILES string of the molecule is CC[C@@H](C)Oc1ccc(C=Nc2cc(C(=O)O)ccc2Cl)cc1Cl. The highest BCUT2D eigenvalue weighted by Gasteiger charge is 2.08. The van der Waals surface area contributed by atoms with Crippen LogP contribution in [0.4, 0.5) is 5.69 Å². The van der Waals surface area contributed by atoms with E-state index >= 15 is 0 Å². The van der Waals surface area contributed by atoms with Gasteiger partial charge in [-0.1, -0.05) is 30.1 Å². The van der Waals surface area contributed by atoms with Crippen molar-refractivity contribution in [2.24, 2.45) is 4.99 Å². The average molecular weight is 366 g/mol. The maximum Gasteiger partial charge on any atom is 0.335 e. The number of carbonyl (C=O) groups is 1. The van der Waals surface area contributed by atoms with Crippen molar-refractivity contribution < 1.29 is 14.6 Å². The van der Waals surface area contributed by atoms with Gasteiger partial charge in [0.1, 0.15) is 5.75 Å². The molecule has 0 fully saturated rings. The fourth-order valence-corrected chi connectivity index (χ4v) is 2.28. The number of ether oxygens (including phenoxy) is 1. The summed E-state index contributed by atoms with van der Waals surface area (Å²) in [5.41, 5.74) is 1.27. The van der Waals surface area contributed by atoms with Gasteiger partial charge in [-0.3, -0.25) is 4.99 Å². The first-order chi connectivity index (χ1) is 11.4. The van der Waals surface area contributed by atoms with Crippen molar-refractivity contribution in [3.05, 3.63) is 57.6 Å². The average Bonchev–Trinajstić information content (AvgIpc) is 2.56. The molecule has 0 radical (unpaired) electrons. The van der Waals surface area contributed by atoms with Gasteiger partial charge in [0, 0.05) is 6.21 Å². The van der Waals surface area contributed by atoms with Crippen LogP contribution in [0.25, 0.3) is 0 Å². The molecule has 0 aromatic heterocycles. The van der Waals surface area contributed by atoms with Crippen molar-refractivity contribution in [3.63, 3.8) is 0 Å². The molecule has 2 aromatic rings.